The third-order valence-corrected chi connectivity index (χ3v) is 3.67. The fourth-order valence-electron chi connectivity index (χ4n) is 2.45. The molecule has 0 spiro atoms. The van der Waals surface area contributed by atoms with Crippen molar-refractivity contribution in [1.82, 2.24) is 5.32 Å². The maximum Gasteiger partial charge on any atom is 0.0820 e. The van der Waals surface area contributed by atoms with Gasteiger partial charge in [0.05, 0.1) is 11.6 Å². The Labute approximate surface area is 118 Å². The van der Waals surface area contributed by atoms with Crippen molar-refractivity contribution in [1.29, 1.82) is 0 Å². The monoisotopic (exact) mass is 263 g/mol. The molecule has 1 N–H and O–H groups in total. The molecule has 1 unspecified atom stereocenters. The van der Waals surface area contributed by atoms with Crippen LogP contribution in [0.15, 0.2) is 18.2 Å². The Morgan fingerprint density at radius 2 is 1.84 bits per heavy atom. The minimum Gasteiger partial charge on any atom is -0.374 e. The highest BCUT2D eigenvalue weighted by molar-refractivity contribution is 5.33. The average Bonchev–Trinajstić information content (AvgIpc) is 2.33. The summed E-state index contributed by atoms with van der Waals surface area (Å²) in [5, 5.41) is 3.63. The van der Waals surface area contributed by atoms with Gasteiger partial charge in [0, 0.05) is 6.61 Å². The number of ether oxygens (including phenoxy) is 1. The van der Waals surface area contributed by atoms with Gasteiger partial charge in [-0.1, -0.05) is 25.1 Å². The van der Waals surface area contributed by atoms with E-state index in [1.165, 1.54) is 16.7 Å². The van der Waals surface area contributed by atoms with Crippen LogP contribution in [0.5, 0.6) is 0 Å². The van der Waals surface area contributed by atoms with Gasteiger partial charge < -0.3 is 10.1 Å². The normalized spacial score (nSPS) is 13.6. The van der Waals surface area contributed by atoms with Crippen molar-refractivity contribution < 1.29 is 4.74 Å². The van der Waals surface area contributed by atoms with Gasteiger partial charge in [-0.05, 0) is 64.3 Å². The van der Waals surface area contributed by atoms with Gasteiger partial charge in [-0.3, -0.25) is 0 Å². The first-order valence-electron chi connectivity index (χ1n) is 7.36. The molecule has 0 bridgehead atoms. The number of hydrogen-bond donors (Lipinski definition) is 1. The lowest BCUT2D eigenvalue weighted by molar-refractivity contribution is -0.0391. The van der Waals surface area contributed by atoms with E-state index in [-0.39, 0.29) is 11.6 Å². The van der Waals surface area contributed by atoms with Crippen molar-refractivity contribution in [2.75, 3.05) is 13.2 Å². The summed E-state index contributed by atoms with van der Waals surface area (Å²) < 4.78 is 5.95. The summed E-state index contributed by atoms with van der Waals surface area (Å²) in [7, 11) is 0. The largest absolute Gasteiger partial charge is 0.374 e. The van der Waals surface area contributed by atoms with Crippen molar-refractivity contribution in [3.8, 4) is 0 Å². The van der Waals surface area contributed by atoms with Crippen LogP contribution in [0.2, 0.25) is 0 Å². The summed E-state index contributed by atoms with van der Waals surface area (Å²) in [4.78, 5) is 0. The highest BCUT2D eigenvalue weighted by Crippen LogP contribution is 2.30. The zero-order valence-corrected chi connectivity index (χ0v) is 13.3. The molecule has 0 aliphatic heterocycles. The van der Waals surface area contributed by atoms with Crippen molar-refractivity contribution in [3.05, 3.63) is 34.9 Å². The molecule has 1 rings (SSSR count). The molecule has 108 valence electrons. The molecule has 0 aliphatic carbocycles. The Morgan fingerprint density at radius 1 is 1.16 bits per heavy atom. The minimum absolute atomic E-state index is 0.203. The Bertz CT molecular complexity index is 398. The van der Waals surface area contributed by atoms with Gasteiger partial charge in [0.25, 0.3) is 0 Å². The number of benzene rings is 1. The maximum absolute atomic E-state index is 5.95. The number of nitrogens with one attached hydrogen (secondary N) is 1. The van der Waals surface area contributed by atoms with Gasteiger partial charge in [0.2, 0.25) is 0 Å². The molecule has 2 heteroatoms. The molecule has 0 saturated heterocycles. The zero-order valence-electron chi connectivity index (χ0n) is 13.3. The molecule has 0 aliphatic rings. The maximum atomic E-state index is 5.95. The van der Waals surface area contributed by atoms with E-state index in [2.05, 4.69) is 65.1 Å². The fourth-order valence-corrected chi connectivity index (χ4v) is 2.45. The van der Waals surface area contributed by atoms with Crippen LogP contribution in [0.1, 0.15) is 56.8 Å². The number of aryl methyl sites for hydroxylation is 2. The molecule has 0 aromatic heterocycles. The van der Waals surface area contributed by atoms with E-state index < -0.39 is 0 Å². The summed E-state index contributed by atoms with van der Waals surface area (Å²) in [5.74, 6) is 0. The second kappa shape index (κ2) is 7.06. The van der Waals surface area contributed by atoms with E-state index in [4.69, 9.17) is 4.74 Å². The second-order valence-corrected chi connectivity index (χ2v) is 5.77. The van der Waals surface area contributed by atoms with Crippen LogP contribution in [-0.2, 0) is 4.74 Å². The molecule has 1 aromatic carbocycles. The van der Waals surface area contributed by atoms with Gasteiger partial charge in [-0.15, -0.1) is 0 Å². The Balaban J connectivity index is 3.04. The smallest absolute Gasteiger partial charge is 0.0820 e. The van der Waals surface area contributed by atoms with Crippen LogP contribution in [0, 0.1) is 13.8 Å². The zero-order chi connectivity index (χ0) is 14.5. The molecular weight excluding hydrogens is 234 g/mol. The van der Waals surface area contributed by atoms with Crippen LogP contribution >= 0.6 is 0 Å². The Kier molecular flexibility index (Phi) is 6.02. The van der Waals surface area contributed by atoms with E-state index in [1.54, 1.807) is 0 Å². The van der Waals surface area contributed by atoms with Crippen molar-refractivity contribution in [2.24, 2.45) is 0 Å². The first kappa shape index (κ1) is 16.2. The molecule has 0 amide bonds. The predicted molar refractivity (Wildman–Crippen MR) is 82.7 cm³/mol. The van der Waals surface area contributed by atoms with Crippen LogP contribution in [0.3, 0.4) is 0 Å². The Morgan fingerprint density at radius 3 is 2.37 bits per heavy atom. The lowest BCUT2D eigenvalue weighted by Crippen LogP contribution is -2.42. The average molecular weight is 263 g/mol. The van der Waals surface area contributed by atoms with Gasteiger partial charge in [-0.25, -0.2) is 0 Å². The third-order valence-electron chi connectivity index (χ3n) is 3.67. The third kappa shape index (κ3) is 4.32. The number of hydrogen-bond acceptors (Lipinski definition) is 2. The highest BCUT2D eigenvalue weighted by atomic mass is 16.5. The van der Waals surface area contributed by atoms with Crippen LogP contribution in [0.4, 0.5) is 0 Å². The van der Waals surface area contributed by atoms with E-state index in [0.717, 1.165) is 19.6 Å². The molecule has 0 radical (unpaired) electrons. The topological polar surface area (TPSA) is 21.3 Å². The molecule has 2 nitrogen and oxygen atoms in total. The van der Waals surface area contributed by atoms with Gasteiger partial charge >= 0.3 is 0 Å². The van der Waals surface area contributed by atoms with Crippen molar-refractivity contribution >= 4 is 0 Å². The molecule has 1 atom stereocenters. The first-order valence-corrected chi connectivity index (χ1v) is 7.36. The van der Waals surface area contributed by atoms with Crippen LogP contribution < -0.4 is 5.32 Å². The molecule has 0 heterocycles. The fraction of sp³-hybridized carbons (Fsp3) is 0.647. The van der Waals surface area contributed by atoms with Crippen molar-refractivity contribution in [2.45, 2.75) is 59.6 Å². The highest BCUT2D eigenvalue weighted by Gasteiger charge is 2.31. The summed E-state index contributed by atoms with van der Waals surface area (Å²) >= 11 is 0. The Hall–Kier alpha value is -0.860. The van der Waals surface area contributed by atoms with Gasteiger partial charge in [0.15, 0.2) is 0 Å². The van der Waals surface area contributed by atoms with E-state index >= 15 is 0 Å². The minimum atomic E-state index is -0.203. The molecular formula is C17H29NO. The van der Waals surface area contributed by atoms with E-state index in [0.29, 0.717) is 0 Å². The lowest BCUT2D eigenvalue weighted by Gasteiger charge is -2.35. The van der Waals surface area contributed by atoms with Gasteiger partial charge in [-0.2, -0.15) is 0 Å². The van der Waals surface area contributed by atoms with E-state index in [9.17, 15) is 0 Å². The predicted octanol–water partition coefficient (Wildman–Crippen LogP) is 4.16. The number of rotatable bonds is 7. The summed E-state index contributed by atoms with van der Waals surface area (Å²) in [6.45, 7) is 14.6. The summed E-state index contributed by atoms with van der Waals surface area (Å²) in [5.41, 5.74) is 3.79. The first-order chi connectivity index (χ1) is 8.92. The van der Waals surface area contributed by atoms with Crippen molar-refractivity contribution in [3.63, 3.8) is 0 Å². The van der Waals surface area contributed by atoms with Gasteiger partial charge in [0.1, 0.15) is 0 Å². The molecule has 0 saturated carbocycles. The van der Waals surface area contributed by atoms with E-state index in [1.807, 2.05) is 0 Å². The van der Waals surface area contributed by atoms with Crippen LogP contribution in [-0.4, -0.2) is 18.8 Å². The van der Waals surface area contributed by atoms with Crippen LogP contribution in [0.25, 0.3) is 0 Å². The molecule has 0 fully saturated rings. The molecule has 19 heavy (non-hydrogen) atoms. The quantitative estimate of drug-likeness (QED) is 0.797. The summed E-state index contributed by atoms with van der Waals surface area (Å²) in [6, 6.07) is 6.93. The summed E-state index contributed by atoms with van der Waals surface area (Å²) in [6.07, 6.45) is 1.13. The SMILES string of the molecule is CCCNC(c1ccc(C)c(C)c1)C(C)(C)OCC. The molecule has 1 aromatic rings. The second-order valence-electron chi connectivity index (χ2n) is 5.77. The standard InChI is InChI=1S/C17H29NO/c1-7-11-18-16(17(5,6)19-8-2)15-10-9-13(3)14(4)12-15/h9-10,12,16,18H,7-8,11H2,1-6H3. The lowest BCUT2D eigenvalue weighted by atomic mass is 9.89.